The molecule has 142 valence electrons. The first kappa shape index (κ1) is 18.1. The van der Waals surface area contributed by atoms with E-state index in [1.54, 1.807) is 23.7 Å². The fraction of sp³-hybridized carbons (Fsp3) is 0.333. The van der Waals surface area contributed by atoms with E-state index in [0.29, 0.717) is 36.6 Å². The fourth-order valence-electron chi connectivity index (χ4n) is 3.33. The van der Waals surface area contributed by atoms with Gasteiger partial charge in [-0.3, -0.25) is 9.89 Å². The van der Waals surface area contributed by atoms with Crippen LogP contribution in [0.3, 0.4) is 0 Å². The van der Waals surface area contributed by atoms with Gasteiger partial charge in [0, 0.05) is 24.5 Å². The molecule has 1 fully saturated rings. The standard InChI is InChI=1S/C18H20N4O3S2/c23-17(11-13-3-4-16-14(10-13)12-19-20-16)22-7-5-15(6-8-22)21-27(24,25)18-2-1-9-26-18/h1-4,9-10,12,15,21H,5-8,11H2,(H,19,20). The quantitative estimate of drug-likeness (QED) is 0.681. The maximum atomic E-state index is 12.6. The largest absolute Gasteiger partial charge is 0.342 e. The number of carbonyl (C=O) groups excluding carboxylic acids is 1. The first-order valence-corrected chi connectivity index (χ1v) is 11.1. The summed E-state index contributed by atoms with van der Waals surface area (Å²) in [6.45, 7) is 1.12. The van der Waals surface area contributed by atoms with Crippen molar-refractivity contribution in [3.8, 4) is 0 Å². The first-order chi connectivity index (χ1) is 13.0. The number of aromatic nitrogens is 2. The molecule has 27 heavy (non-hydrogen) atoms. The molecule has 2 N–H and O–H groups in total. The zero-order valence-electron chi connectivity index (χ0n) is 14.6. The normalized spacial score (nSPS) is 16.1. The van der Waals surface area contributed by atoms with Crippen LogP contribution in [-0.2, 0) is 21.2 Å². The van der Waals surface area contributed by atoms with Gasteiger partial charge in [-0.2, -0.15) is 5.10 Å². The SMILES string of the molecule is O=C(Cc1ccc2[nH]ncc2c1)N1CCC(NS(=O)(=O)c2cccs2)CC1. The minimum absolute atomic E-state index is 0.0670. The van der Waals surface area contributed by atoms with Crippen LogP contribution in [0.2, 0.25) is 0 Å². The van der Waals surface area contributed by atoms with Crippen LogP contribution < -0.4 is 4.72 Å². The van der Waals surface area contributed by atoms with Crippen LogP contribution in [-0.4, -0.2) is 48.6 Å². The predicted molar refractivity (Wildman–Crippen MR) is 104 cm³/mol. The molecule has 3 aromatic rings. The lowest BCUT2D eigenvalue weighted by Gasteiger charge is -2.32. The average molecular weight is 405 g/mol. The number of hydrogen-bond acceptors (Lipinski definition) is 5. The average Bonchev–Trinajstić information content (AvgIpc) is 3.34. The number of hydrogen-bond donors (Lipinski definition) is 2. The molecule has 0 unspecified atom stereocenters. The van der Waals surface area contributed by atoms with E-state index in [9.17, 15) is 13.2 Å². The number of benzene rings is 1. The van der Waals surface area contributed by atoms with Crippen LogP contribution in [0.15, 0.2) is 46.1 Å². The third-order valence-electron chi connectivity index (χ3n) is 4.79. The number of carbonyl (C=O) groups is 1. The Balaban J connectivity index is 1.32. The molecule has 4 rings (SSSR count). The molecule has 1 aliphatic heterocycles. The number of nitrogens with zero attached hydrogens (tertiary/aromatic N) is 2. The van der Waals surface area contributed by atoms with Crippen molar-refractivity contribution < 1.29 is 13.2 Å². The Labute approximate surface area is 161 Å². The summed E-state index contributed by atoms with van der Waals surface area (Å²) < 4.78 is 27.7. The highest BCUT2D eigenvalue weighted by Gasteiger charge is 2.27. The summed E-state index contributed by atoms with van der Waals surface area (Å²) >= 11 is 1.20. The van der Waals surface area contributed by atoms with E-state index in [4.69, 9.17) is 0 Å². The molecule has 3 heterocycles. The van der Waals surface area contributed by atoms with Crippen LogP contribution in [0.5, 0.6) is 0 Å². The maximum absolute atomic E-state index is 12.6. The molecular formula is C18H20N4O3S2. The van der Waals surface area contributed by atoms with Gasteiger partial charge in [0.15, 0.2) is 0 Å². The zero-order chi connectivity index (χ0) is 18.9. The van der Waals surface area contributed by atoms with E-state index in [2.05, 4.69) is 14.9 Å². The number of thiophene rings is 1. The van der Waals surface area contributed by atoms with E-state index < -0.39 is 10.0 Å². The Morgan fingerprint density at radius 1 is 1.30 bits per heavy atom. The van der Waals surface area contributed by atoms with Crippen LogP contribution >= 0.6 is 11.3 Å². The number of likely N-dealkylation sites (tertiary alicyclic amines) is 1. The van der Waals surface area contributed by atoms with E-state index >= 15 is 0 Å². The molecule has 1 saturated heterocycles. The molecule has 1 aromatic carbocycles. The number of sulfonamides is 1. The van der Waals surface area contributed by atoms with Gasteiger partial charge in [0.2, 0.25) is 15.9 Å². The first-order valence-electron chi connectivity index (χ1n) is 8.77. The third-order valence-corrected chi connectivity index (χ3v) is 7.71. The van der Waals surface area contributed by atoms with Gasteiger partial charge >= 0.3 is 0 Å². The fourth-order valence-corrected chi connectivity index (χ4v) is 5.64. The van der Waals surface area contributed by atoms with Gasteiger partial charge < -0.3 is 4.90 Å². The van der Waals surface area contributed by atoms with Gasteiger partial charge in [0.25, 0.3) is 0 Å². The number of fused-ring (bicyclic) bond motifs is 1. The zero-order valence-corrected chi connectivity index (χ0v) is 16.2. The Morgan fingerprint density at radius 3 is 2.85 bits per heavy atom. The second kappa shape index (κ2) is 7.41. The molecule has 0 saturated carbocycles. The Kier molecular flexibility index (Phi) is 4.98. The van der Waals surface area contributed by atoms with Crippen molar-refractivity contribution in [3.05, 3.63) is 47.5 Å². The molecule has 0 radical (unpaired) electrons. The van der Waals surface area contributed by atoms with Gasteiger partial charge in [-0.25, -0.2) is 13.1 Å². The van der Waals surface area contributed by atoms with Crippen molar-refractivity contribution in [3.63, 3.8) is 0 Å². The Hall–Kier alpha value is -2.23. The summed E-state index contributed by atoms with van der Waals surface area (Å²) in [5, 5.41) is 9.62. The Morgan fingerprint density at radius 2 is 2.11 bits per heavy atom. The summed E-state index contributed by atoms with van der Waals surface area (Å²) in [6.07, 6.45) is 3.33. The summed E-state index contributed by atoms with van der Waals surface area (Å²) in [4.78, 5) is 14.4. The number of aromatic amines is 1. The van der Waals surface area contributed by atoms with Crippen molar-refractivity contribution in [1.82, 2.24) is 19.8 Å². The summed E-state index contributed by atoms with van der Waals surface area (Å²) in [7, 11) is -3.46. The topological polar surface area (TPSA) is 95.2 Å². The molecule has 0 aliphatic carbocycles. The lowest BCUT2D eigenvalue weighted by atomic mass is 10.0. The third kappa shape index (κ3) is 4.05. The van der Waals surface area contributed by atoms with Crippen LogP contribution in [0.4, 0.5) is 0 Å². The highest BCUT2D eigenvalue weighted by molar-refractivity contribution is 7.91. The monoisotopic (exact) mass is 404 g/mol. The molecule has 2 aromatic heterocycles. The van der Waals surface area contributed by atoms with Gasteiger partial charge in [-0.1, -0.05) is 12.1 Å². The molecule has 0 spiro atoms. The van der Waals surface area contributed by atoms with Crippen molar-refractivity contribution in [1.29, 1.82) is 0 Å². The van der Waals surface area contributed by atoms with Crippen molar-refractivity contribution >= 4 is 38.2 Å². The van der Waals surface area contributed by atoms with E-state index in [1.165, 1.54) is 11.3 Å². The number of nitrogens with one attached hydrogen (secondary N) is 2. The second-order valence-corrected chi connectivity index (χ2v) is 9.57. The molecular weight excluding hydrogens is 384 g/mol. The minimum Gasteiger partial charge on any atom is -0.342 e. The minimum atomic E-state index is -3.46. The smallest absolute Gasteiger partial charge is 0.250 e. The lowest BCUT2D eigenvalue weighted by molar-refractivity contribution is -0.131. The van der Waals surface area contributed by atoms with Crippen LogP contribution in [0.1, 0.15) is 18.4 Å². The van der Waals surface area contributed by atoms with Gasteiger partial charge in [-0.05, 0) is 42.0 Å². The summed E-state index contributed by atoms with van der Waals surface area (Å²) in [6, 6.07) is 9.02. The maximum Gasteiger partial charge on any atom is 0.250 e. The highest BCUT2D eigenvalue weighted by atomic mass is 32.2. The summed E-state index contributed by atoms with van der Waals surface area (Å²) in [5.41, 5.74) is 1.90. The van der Waals surface area contributed by atoms with E-state index in [1.807, 2.05) is 23.1 Å². The van der Waals surface area contributed by atoms with E-state index in [-0.39, 0.29) is 11.9 Å². The van der Waals surface area contributed by atoms with Crippen LogP contribution in [0.25, 0.3) is 10.9 Å². The second-order valence-electron chi connectivity index (χ2n) is 6.68. The number of piperidine rings is 1. The predicted octanol–water partition coefficient (Wildman–Crippen LogP) is 2.14. The molecule has 0 atom stereocenters. The Bertz CT molecular complexity index is 1040. The highest BCUT2D eigenvalue weighted by Crippen LogP contribution is 2.20. The summed E-state index contributed by atoms with van der Waals surface area (Å²) in [5.74, 6) is 0.0670. The molecule has 1 amide bonds. The van der Waals surface area contributed by atoms with Crippen molar-refractivity contribution in [2.75, 3.05) is 13.1 Å². The molecule has 9 heteroatoms. The van der Waals surface area contributed by atoms with E-state index in [0.717, 1.165) is 16.5 Å². The van der Waals surface area contributed by atoms with Crippen molar-refractivity contribution in [2.24, 2.45) is 0 Å². The number of H-pyrrole nitrogens is 1. The lowest BCUT2D eigenvalue weighted by Crippen LogP contribution is -2.46. The van der Waals surface area contributed by atoms with Gasteiger partial charge in [0.05, 0.1) is 18.1 Å². The van der Waals surface area contributed by atoms with Gasteiger partial charge in [-0.15, -0.1) is 11.3 Å². The molecule has 7 nitrogen and oxygen atoms in total. The number of amides is 1. The van der Waals surface area contributed by atoms with Crippen LogP contribution in [0, 0.1) is 0 Å². The molecule has 1 aliphatic rings. The van der Waals surface area contributed by atoms with Gasteiger partial charge in [0.1, 0.15) is 4.21 Å². The number of rotatable bonds is 5. The molecule has 0 bridgehead atoms. The van der Waals surface area contributed by atoms with Crippen molar-refractivity contribution in [2.45, 2.75) is 29.5 Å².